The number of non-ortho nitro benzene ring substituents is 1. The third-order valence-electron chi connectivity index (χ3n) is 4.83. The van der Waals surface area contributed by atoms with Crippen molar-refractivity contribution in [3.63, 3.8) is 0 Å². The van der Waals surface area contributed by atoms with E-state index in [-0.39, 0.29) is 18.8 Å². The molecule has 0 aliphatic carbocycles. The zero-order valence-electron chi connectivity index (χ0n) is 17.6. The molecule has 2 amide bonds. The highest BCUT2D eigenvalue weighted by Crippen LogP contribution is 2.30. The smallest absolute Gasteiger partial charge is 0.322 e. The summed E-state index contributed by atoms with van der Waals surface area (Å²) in [5.74, 6) is 1.74. The van der Waals surface area contributed by atoms with E-state index in [4.69, 9.17) is 13.7 Å². The molecule has 0 unspecified atom stereocenters. The molecule has 0 aliphatic heterocycles. The SMILES string of the molecule is COc1ccccc1-c1cc(CN(Cc2ccco2)C(=O)Nc2ccc([N+](=O)[O-])cc2)no1. The molecule has 0 spiro atoms. The standard InChI is InChI=1S/C23H20N4O6/c1-31-21-7-3-2-6-20(21)22-13-17(25-33-22)14-26(15-19-5-4-12-32-19)23(28)24-16-8-10-18(11-9-16)27(29)30/h2-13H,14-15H2,1H3,(H,24,28). The molecule has 0 atom stereocenters. The minimum absolute atomic E-state index is 0.0630. The summed E-state index contributed by atoms with van der Waals surface area (Å²) in [4.78, 5) is 24.8. The first-order valence-electron chi connectivity index (χ1n) is 9.95. The Morgan fingerprint density at radius 3 is 2.61 bits per heavy atom. The summed E-state index contributed by atoms with van der Waals surface area (Å²) in [6, 6.07) is 17.8. The van der Waals surface area contributed by atoms with Gasteiger partial charge in [-0.2, -0.15) is 0 Å². The van der Waals surface area contributed by atoms with Gasteiger partial charge in [0.15, 0.2) is 5.76 Å². The number of carbonyl (C=O) groups excluding carboxylic acids is 1. The number of aromatic nitrogens is 1. The third kappa shape index (κ3) is 5.18. The van der Waals surface area contributed by atoms with Crippen molar-refractivity contribution in [1.82, 2.24) is 10.1 Å². The number of ether oxygens (including phenoxy) is 1. The Morgan fingerprint density at radius 1 is 1.12 bits per heavy atom. The number of methoxy groups -OCH3 is 1. The van der Waals surface area contributed by atoms with Gasteiger partial charge in [-0.1, -0.05) is 17.3 Å². The van der Waals surface area contributed by atoms with E-state index in [0.29, 0.717) is 28.7 Å². The second-order valence-electron chi connectivity index (χ2n) is 7.05. The molecule has 4 aromatic rings. The number of benzene rings is 2. The first-order chi connectivity index (χ1) is 16.0. The lowest BCUT2D eigenvalue weighted by Gasteiger charge is -2.21. The number of carbonyl (C=O) groups is 1. The van der Waals surface area contributed by atoms with Crippen LogP contribution in [0.1, 0.15) is 11.5 Å². The van der Waals surface area contributed by atoms with Gasteiger partial charge in [-0.3, -0.25) is 10.1 Å². The van der Waals surface area contributed by atoms with Gasteiger partial charge in [0.05, 0.1) is 36.9 Å². The summed E-state index contributed by atoms with van der Waals surface area (Å²) in [6.07, 6.45) is 1.53. The van der Waals surface area contributed by atoms with Gasteiger partial charge in [-0.05, 0) is 36.4 Å². The number of anilines is 1. The fourth-order valence-electron chi connectivity index (χ4n) is 3.22. The number of nitrogens with one attached hydrogen (secondary N) is 1. The predicted octanol–water partition coefficient (Wildman–Crippen LogP) is 5.09. The molecule has 4 rings (SSSR count). The van der Waals surface area contributed by atoms with Crippen LogP contribution in [0.15, 0.2) is 81.9 Å². The summed E-state index contributed by atoms with van der Waals surface area (Å²) >= 11 is 0. The minimum atomic E-state index is -0.501. The maximum absolute atomic E-state index is 13.0. The Kier molecular flexibility index (Phi) is 6.35. The average Bonchev–Trinajstić information content (AvgIpc) is 3.51. The maximum Gasteiger partial charge on any atom is 0.322 e. The normalized spacial score (nSPS) is 10.6. The molecular formula is C23H20N4O6. The van der Waals surface area contributed by atoms with Gasteiger partial charge in [0.25, 0.3) is 5.69 Å². The van der Waals surface area contributed by atoms with Gasteiger partial charge < -0.3 is 23.9 Å². The highest BCUT2D eigenvalue weighted by atomic mass is 16.6. The molecule has 168 valence electrons. The van der Waals surface area contributed by atoms with Crippen molar-refractivity contribution in [2.75, 3.05) is 12.4 Å². The Morgan fingerprint density at radius 2 is 1.91 bits per heavy atom. The van der Waals surface area contributed by atoms with Crippen molar-refractivity contribution >= 4 is 17.4 Å². The van der Waals surface area contributed by atoms with Gasteiger partial charge in [0.2, 0.25) is 0 Å². The van der Waals surface area contributed by atoms with E-state index in [1.54, 1.807) is 25.3 Å². The van der Waals surface area contributed by atoms with Crippen molar-refractivity contribution in [3.05, 3.63) is 94.6 Å². The van der Waals surface area contributed by atoms with Crippen LogP contribution in [0.2, 0.25) is 0 Å². The van der Waals surface area contributed by atoms with Gasteiger partial charge in [0.1, 0.15) is 17.2 Å². The second-order valence-corrected chi connectivity index (χ2v) is 7.05. The largest absolute Gasteiger partial charge is 0.496 e. The van der Waals surface area contributed by atoms with Gasteiger partial charge >= 0.3 is 6.03 Å². The number of hydrogen-bond acceptors (Lipinski definition) is 7. The Labute approximate surface area is 188 Å². The minimum Gasteiger partial charge on any atom is -0.496 e. The van der Waals surface area contributed by atoms with E-state index >= 15 is 0 Å². The summed E-state index contributed by atoms with van der Waals surface area (Å²) in [5.41, 5.74) is 1.63. The van der Waals surface area contributed by atoms with Gasteiger partial charge in [-0.15, -0.1) is 0 Å². The highest BCUT2D eigenvalue weighted by molar-refractivity contribution is 5.89. The molecule has 2 aromatic heterocycles. The second kappa shape index (κ2) is 9.69. The van der Waals surface area contributed by atoms with Crippen LogP contribution in [-0.2, 0) is 13.1 Å². The van der Waals surface area contributed by atoms with E-state index in [0.717, 1.165) is 5.56 Å². The third-order valence-corrected chi connectivity index (χ3v) is 4.83. The van der Waals surface area contributed by atoms with Crippen molar-refractivity contribution in [1.29, 1.82) is 0 Å². The van der Waals surface area contributed by atoms with E-state index in [9.17, 15) is 14.9 Å². The number of nitro benzene ring substituents is 1. The molecule has 10 heteroatoms. The van der Waals surface area contributed by atoms with Crippen LogP contribution in [-0.4, -0.2) is 28.1 Å². The first kappa shape index (κ1) is 21.6. The number of amides is 2. The lowest BCUT2D eigenvalue weighted by atomic mass is 10.1. The van der Waals surface area contributed by atoms with Crippen LogP contribution in [0, 0.1) is 10.1 Å². The number of nitro groups is 1. The highest BCUT2D eigenvalue weighted by Gasteiger charge is 2.20. The number of para-hydroxylation sites is 1. The van der Waals surface area contributed by atoms with E-state index in [1.807, 2.05) is 24.3 Å². The zero-order valence-corrected chi connectivity index (χ0v) is 17.6. The number of urea groups is 1. The quantitative estimate of drug-likeness (QED) is 0.294. The molecule has 0 aliphatic rings. The molecule has 0 saturated carbocycles. The first-order valence-corrected chi connectivity index (χ1v) is 9.95. The Balaban J connectivity index is 1.53. The number of furan rings is 1. The Bertz CT molecular complexity index is 1230. The summed E-state index contributed by atoms with van der Waals surface area (Å²) < 4.78 is 16.3. The molecule has 2 aromatic carbocycles. The number of hydrogen-bond donors (Lipinski definition) is 1. The molecular weight excluding hydrogens is 428 g/mol. The lowest BCUT2D eigenvalue weighted by molar-refractivity contribution is -0.384. The molecule has 1 N–H and O–H groups in total. The fourth-order valence-corrected chi connectivity index (χ4v) is 3.22. The molecule has 0 bridgehead atoms. The molecule has 0 fully saturated rings. The van der Waals surface area contributed by atoms with Gasteiger partial charge in [0, 0.05) is 23.9 Å². The molecule has 33 heavy (non-hydrogen) atoms. The molecule has 2 heterocycles. The topological polar surface area (TPSA) is 124 Å². The fraction of sp³-hybridized carbons (Fsp3) is 0.130. The summed E-state index contributed by atoms with van der Waals surface area (Å²) in [7, 11) is 1.57. The van der Waals surface area contributed by atoms with Crippen LogP contribution in [0.3, 0.4) is 0 Å². The van der Waals surface area contributed by atoms with Crippen LogP contribution in [0.5, 0.6) is 5.75 Å². The van der Waals surface area contributed by atoms with Crippen molar-refractivity contribution in [2.45, 2.75) is 13.1 Å². The van der Waals surface area contributed by atoms with Crippen molar-refractivity contribution in [2.24, 2.45) is 0 Å². The van der Waals surface area contributed by atoms with E-state index in [2.05, 4.69) is 10.5 Å². The molecule has 10 nitrogen and oxygen atoms in total. The van der Waals surface area contributed by atoms with E-state index in [1.165, 1.54) is 35.4 Å². The zero-order chi connectivity index (χ0) is 23.2. The van der Waals surface area contributed by atoms with Crippen molar-refractivity contribution in [3.8, 4) is 17.1 Å². The number of rotatable bonds is 8. The van der Waals surface area contributed by atoms with Gasteiger partial charge in [-0.25, -0.2) is 4.79 Å². The van der Waals surface area contributed by atoms with Crippen LogP contribution in [0.4, 0.5) is 16.2 Å². The summed E-state index contributed by atoms with van der Waals surface area (Å²) in [5, 5.41) is 17.7. The average molecular weight is 448 g/mol. The van der Waals surface area contributed by atoms with Crippen LogP contribution in [0.25, 0.3) is 11.3 Å². The summed E-state index contributed by atoms with van der Waals surface area (Å²) in [6.45, 7) is 0.320. The van der Waals surface area contributed by atoms with Crippen LogP contribution < -0.4 is 10.1 Å². The molecule has 0 radical (unpaired) electrons. The predicted molar refractivity (Wildman–Crippen MR) is 119 cm³/mol. The molecule has 0 saturated heterocycles. The van der Waals surface area contributed by atoms with E-state index < -0.39 is 11.0 Å². The maximum atomic E-state index is 13.0. The lowest BCUT2D eigenvalue weighted by Crippen LogP contribution is -2.34. The monoisotopic (exact) mass is 448 g/mol. The van der Waals surface area contributed by atoms with Crippen molar-refractivity contribution < 1.29 is 23.4 Å². The number of nitrogens with zero attached hydrogens (tertiary/aromatic N) is 3. The Hall–Kier alpha value is -4.60. The van der Waals surface area contributed by atoms with Crippen LogP contribution >= 0.6 is 0 Å².